The zero-order chi connectivity index (χ0) is 13.1. The second-order valence-electron chi connectivity index (χ2n) is 5.44. The maximum absolute atomic E-state index is 9.21. The lowest BCUT2D eigenvalue weighted by molar-refractivity contribution is 0.410. The van der Waals surface area contributed by atoms with Gasteiger partial charge in [-0.2, -0.15) is 5.26 Å². The number of rotatable bonds is 3. The summed E-state index contributed by atoms with van der Waals surface area (Å²) >= 11 is 0. The van der Waals surface area contributed by atoms with Gasteiger partial charge in [0.05, 0.1) is 6.07 Å². The van der Waals surface area contributed by atoms with E-state index in [9.17, 15) is 5.26 Å². The smallest absolute Gasteiger partial charge is 0.145 e. The molecular weight excluding hydrogens is 224 g/mol. The van der Waals surface area contributed by atoms with Gasteiger partial charge >= 0.3 is 0 Å². The quantitative estimate of drug-likeness (QED) is 0.817. The molecule has 0 radical (unpaired) electrons. The van der Waals surface area contributed by atoms with Gasteiger partial charge in [0.15, 0.2) is 0 Å². The third-order valence-corrected chi connectivity index (χ3v) is 3.59. The minimum absolute atomic E-state index is 0.205. The van der Waals surface area contributed by atoms with Crippen molar-refractivity contribution in [1.82, 2.24) is 14.9 Å². The molecule has 4 nitrogen and oxygen atoms in total. The molecule has 0 bridgehead atoms. The number of likely N-dealkylation sites (tertiary alicyclic amines) is 1. The number of nitriles is 1. The van der Waals surface area contributed by atoms with Crippen LogP contribution in [0, 0.1) is 17.2 Å². The van der Waals surface area contributed by atoms with Gasteiger partial charge in [0.2, 0.25) is 0 Å². The molecule has 0 spiro atoms. The van der Waals surface area contributed by atoms with Crippen LogP contribution in [0.2, 0.25) is 0 Å². The summed E-state index contributed by atoms with van der Waals surface area (Å²) in [6, 6.07) is 4.30. The minimum atomic E-state index is -0.205. The highest BCUT2D eigenvalue weighted by atomic mass is 15.1. The average molecular weight is 244 g/mol. The maximum Gasteiger partial charge on any atom is 0.145 e. The second kappa shape index (κ2) is 5.45. The highest BCUT2D eigenvalue weighted by Crippen LogP contribution is 2.26. The normalized spacial score (nSPS) is 22.1. The Bertz CT molecular complexity index is 449. The molecule has 1 fully saturated rings. The van der Waals surface area contributed by atoms with E-state index in [0.717, 1.165) is 25.2 Å². The number of likely N-dealkylation sites (N-methyl/N-ethyl adjacent to an activating group) is 1. The molecule has 1 aromatic heterocycles. The van der Waals surface area contributed by atoms with Crippen molar-refractivity contribution in [2.24, 2.45) is 5.92 Å². The zero-order valence-corrected chi connectivity index (χ0v) is 11.3. The monoisotopic (exact) mass is 244 g/mol. The van der Waals surface area contributed by atoms with E-state index in [1.165, 1.54) is 0 Å². The SMILES string of the molecule is CC(C)C(C#N)c1nccc(C2CCN(C)C2)n1. The topological polar surface area (TPSA) is 52.8 Å². The summed E-state index contributed by atoms with van der Waals surface area (Å²) < 4.78 is 0. The lowest BCUT2D eigenvalue weighted by atomic mass is 9.96. The molecular formula is C14H20N4. The first-order valence-electron chi connectivity index (χ1n) is 6.52. The standard InChI is InChI=1S/C14H20N4/c1-10(2)12(8-15)14-16-6-4-13(17-14)11-5-7-18(3)9-11/h4,6,10-12H,5,7,9H2,1-3H3. The molecule has 1 aliphatic rings. The molecule has 1 saturated heterocycles. The van der Waals surface area contributed by atoms with Crippen LogP contribution in [0.4, 0.5) is 0 Å². The molecule has 0 aromatic carbocycles. The Kier molecular flexibility index (Phi) is 3.93. The minimum Gasteiger partial charge on any atom is -0.306 e. The van der Waals surface area contributed by atoms with E-state index < -0.39 is 0 Å². The Morgan fingerprint density at radius 2 is 2.28 bits per heavy atom. The van der Waals surface area contributed by atoms with E-state index in [4.69, 9.17) is 0 Å². The molecule has 4 heteroatoms. The van der Waals surface area contributed by atoms with Crippen molar-refractivity contribution < 1.29 is 0 Å². The third-order valence-electron chi connectivity index (χ3n) is 3.59. The molecule has 0 aliphatic carbocycles. The summed E-state index contributed by atoms with van der Waals surface area (Å²) in [5.41, 5.74) is 1.09. The van der Waals surface area contributed by atoms with Crippen molar-refractivity contribution in [3.8, 4) is 6.07 Å². The Balaban J connectivity index is 2.22. The van der Waals surface area contributed by atoms with Crippen LogP contribution in [0.3, 0.4) is 0 Å². The van der Waals surface area contributed by atoms with E-state index in [-0.39, 0.29) is 11.8 Å². The molecule has 2 atom stereocenters. The van der Waals surface area contributed by atoms with Gasteiger partial charge in [-0.25, -0.2) is 9.97 Å². The Morgan fingerprint density at radius 1 is 1.50 bits per heavy atom. The first-order chi connectivity index (χ1) is 8.61. The molecule has 2 unspecified atom stereocenters. The van der Waals surface area contributed by atoms with Gasteiger partial charge in [-0.3, -0.25) is 0 Å². The van der Waals surface area contributed by atoms with Gasteiger partial charge < -0.3 is 4.90 Å². The summed E-state index contributed by atoms with van der Waals surface area (Å²) in [5, 5.41) is 9.21. The van der Waals surface area contributed by atoms with Crippen LogP contribution < -0.4 is 0 Å². The van der Waals surface area contributed by atoms with Gasteiger partial charge in [0.1, 0.15) is 11.7 Å². The maximum atomic E-state index is 9.21. The van der Waals surface area contributed by atoms with Crippen molar-refractivity contribution in [3.63, 3.8) is 0 Å². The summed E-state index contributed by atoms with van der Waals surface area (Å²) in [6.07, 6.45) is 2.94. The number of hydrogen-bond acceptors (Lipinski definition) is 4. The van der Waals surface area contributed by atoms with Crippen LogP contribution in [0.1, 0.15) is 43.6 Å². The van der Waals surface area contributed by atoms with Gasteiger partial charge in [0, 0.05) is 24.4 Å². The van der Waals surface area contributed by atoms with E-state index in [0.29, 0.717) is 11.7 Å². The lowest BCUT2D eigenvalue weighted by Gasteiger charge is -2.14. The molecule has 1 aromatic rings. The fourth-order valence-corrected chi connectivity index (χ4v) is 2.45. The molecule has 96 valence electrons. The fraction of sp³-hybridized carbons (Fsp3) is 0.643. The summed E-state index contributed by atoms with van der Waals surface area (Å²) in [7, 11) is 2.13. The van der Waals surface area contributed by atoms with Gasteiger partial charge in [-0.1, -0.05) is 13.8 Å². The molecule has 0 saturated carbocycles. The fourth-order valence-electron chi connectivity index (χ4n) is 2.45. The zero-order valence-electron chi connectivity index (χ0n) is 11.3. The van der Waals surface area contributed by atoms with Gasteiger partial charge in [-0.05, 0) is 32.0 Å². The first kappa shape index (κ1) is 13.0. The first-order valence-corrected chi connectivity index (χ1v) is 6.52. The van der Waals surface area contributed by atoms with Crippen molar-refractivity contribution >= 4 is 0 Å². The highest BCUT2D eigenvalue weighted by Gasteiger charge is 2.24. The largest absolute Gasteiger partial charge is 0.306 e. The third kappa shape index (κ3) is 2.68. The van der Waals surface area contributed by atoms with E-state index in [1.54, 1.807) is 6.20 Å². The Hall–Kier alpha value is -1.47. The van der Waals surface area contributed by atoms with Crippen LogP contribution in [0.15, 0.2) is 12.3 Å². The summed E-state index contributed by atoms with van der Waals surface area (Å²) in [6.45, 7) is 6.24. The van der Waals surface area contributed by atoms with Crippen LogP contribution in [0.25, 0.3) is 0 Å². The van der Waals surface area contributed by atoms with Crippen molar-refractivity contribution in [2.75, 3.05) is 20.1 Å². The molecule has 18 heavy (non-hydrogen) atoms. The van der Waals surface area contributed by atoms with Crippen molar-refractivity contribution in [2.45, 2.75) is 32.1 Å². The highest BCUT2D eigenvalue weighted by molar-refractivity contribution is 5.16. The van der Waals surface area contributed by atoms with Crippen LogP contribution in [-0.4, -0.2) is 35.0 Å². The van der Waals surface area contributed by atoms with Crippen molar-refractivity contribution in [1.29, 1.82) is 5.26 Å². The molecule has 2 rings (SSSR count). The number of hydrogen-bond donors (Lipinski definition) is 0. The summed E-state index contributed by atoms with van der Waals surface area (Å²) in [4.78, 5) is 11.2. The lowest BCUT2D eigenvalue weighted by Crippen LogP contribution is -2.15. The van der Waals surface area contributed by atoms with Crippen LogP contribution in [-0.2, 0) is 0 Å². The van der Waals surface area contributed by atoms with E-state index in [1.807, 2.05) is 19.9 Å². The van der Waals surface area contributed by atoms with Gasteiger partial charge in [0.25, 0.3) is 0 Å². The Labute approximate surface area is 109 Å². The molecule has 2 heterocycles. The average Bonchev–Trinajstić information content (AvgIpc) is 2.77. The molecule has 1 aliphatic heterocycles. The number of aromatic nitrogens is 2. The summed E-state index contributed by atoms with van der Waals surface area (Å²) in [5.74, 6) is 1.21. The van der Waals surface area contributed by atoms with E-state index >= 15 is 0 Å². The van der Waals surface area contributed by atoms with E-state index in [2.05, 4.69) is 28.0 Å². The predicted molar refractivity (Wildman–Crippen MR) is 70.1 cm³/mol. The second-order valence-corrected chi connectivity index (χ2v) is 5.44. The molecule has 0 N–H and O–H groups in total. The molecule has 0 amide bonds. The van der Waals surface area contributed by atoms with Gasteiger partial charge in [-0.15, -0.1) is 0 Å². The predicted octanol–water partition coefficient (Wildman–Crippen LogP) is 2.16. The van der Waals surface area contributed by atoms with Crippen LogP contribution >= 0.6 is 0 Å². The Morgan fingerprint density at radius 3 is 2.83 bits per heavy atom. The number of nitrogens with zero attached hydrogens (tertiary/aromatic N) is 4. The van der Waals surface area contributed by atoms with Crippen LogP contribution in [0.5, 0.6) is 0 Å². The van der Waals surface area contributed by atoms with Crippen molar-refractivity contribution in [3.05, 3.63) is 23.8 Å².